The van der Waals surface area contributed by atoms with Crippen LogP contribution < -0.4 is 9.80 Å². The molecule has 0 saturated carbocycles. The zero-order valence-electron chi connectivity index (χ0n) is 19.7. The lowest BCUT2D eigenvalue weighted by Crippen LogP contribution is -2.48. The van der Waals surface area contributed by atoms with Gasteiger partial charge in [-0.05, 0) is 54.6 Å². The van der Waals surface area contributed by atoms with Gasteiger partial charge in [0.1, 0.15) is 10.7 Å². The van der Waals surface area contributed by atoms with E-state index in [1.807, 2.05) is 23.1 Å². The topological polar surface area (TPSA) is 70.2 Å². The van der Waals surface area contributed by atoms with Gasteiger partial charge in [-0.25, -0.2) is 12.8 Å². The monoisotopic (exact) mass is 607 g/mol. The molecule has 3 aromatic rings. The van der Waals surface area contributed by atoms with Crippen LogP contribution in [0.15, 0.2) is 70.0 Å². The van der Waals surface area contributed by atoms with Crippen molar-refractivity contribution in [1.29, 1.82) is 0 Å². The average molecular weight is 609 g/mol. The summed E-state index contributed by atoms with van der Waals surface area (Å²) < 4.78 is 48.3. The number of hydrogen-bond acceptors (Lipinski definition) is 5. The molecule has 0 aliphatic carbocycles. The number of carbonyl (C=O) groups is 1. The standard InChI is InChI=1S/C26H24BrClFN3O4S/c27-22-2-1-3-24-21(22)17-36-15-14-32(24)26(33)18-4-9-23(28)25(16-18)37(34,35)31-12-10-30(11-13-31)20-7-5-19(29)6-8-20/h1-9,16H,10-15,17H2. The molecule has 1 amide bonds. The predicted molar refractivity (Wildman–Crippen MR) is 144 cm³/mol. The molecule has 7 nitrogen and oxygen atoms in total. The van der Waals surface area contributed by atoms with Gasteiger partial charge in [0.15, 0.2) is 0 Å². The normalized spacial score (nSPS) is 16.8. The van der Waals surface area contributed by atoms with Crippen LogP contribution in [0.5, 0.6) is 0 Å². The summed E-state index contributed by atoms with van der Waals surface area (Å²) in [6.45, 7) is 2.41. The summed E-state index contributed by atoms with van der Waals surface area (Å²) in [7, 11) is -3.95. The van der Waals surface area contributed by atoms with Gasteiger partial charge in [0, 0.05) is 54.0 Å². The third-order valence-corrected chi connectivity index (χ3v) is 9.69. The van der Waals surface area contributed by atoms with Gasteiger partial charge < -0.3 is 14.5 Å². The van der Waals surface area contributed by atoms with Crippen LogP contribution in [0.2, 0.25) is 5.02 Å². The van der Waals surface area contributed by atoms with Gasteiger partial charge in [-0.1, -0.05) is 33.6 Å². The molecule has 0 bridgehead atoms. The summed E-state index contributed by atoms with van der Waals surface area (Å²) in [5.74, 6) is -0.656. The van der Waals surface area contributed by atoms with Crippen LogP contribution >= 0.6 is 27.5 Å². The number of halogens is 3. The number of amides is 1. The number of anilines is 2. The fourth-order valence-electron chi connectivity index (χ4n) is 4.57. The average Bonchev–Trinajstić information content (AvgIpc) is 3.13. The van der Waals surface area contributed by atoms with Crippen LogP contribution in [0.1, 0.15) is 15.9 Å². The molecule has 11 heteroatoms. The van der Waals surface area contributed by atoms with E-state index >= 15 is 0 Å². The Morgan fingerprint density at radius 2 is 1.70 bits per heavy atom. The van der Waals surface area contributed by atoms with Crippen molar-refractivity contribution in [2.75, 3.05) is 49.1 Å². The van der Waals surface area contributed by atoms with Crippen molar-refractivity contribution in [3.63, 3.8) is 0 Å². The van der Waals surface area contributed by atoms with E-state index in [1.165, 1.54) is 28.6 Å². The van der Waals surface area contributed by atoms with Crippen molar-refractivity contribution < 1.29 is 22.3 Å². The second-order valence-corrected chi connectivity index (χ2v) is 11.9. The van der Waals surface area contributed by atoms with E-state index in [1.54, 1.807) is 23.1 Å². The third kappa shape index (κ3) is 5.26. The zero-order valence-corrected chi connectivity index (χ0v) is 22.9. The van der Waals surface area contributed by atoms with E-state index in [2.05, 4.69) is 15.9 Å². The van der Waals surface area contributed by atoms with Crippen molar-refractivity contribution in [2.45, 2.75) is 11.5 Å². The van der Waals surface area contributed by atoms with Gasteiger partial charge in [-0.2, -0.15) is 4.31 Å². The van der Waals surface area contributed by atoms with Crippen LogP contribution in [0.25, 0.3) is 0 Å². The van der Waals surface area contributed by atoms with Gasteiger partial charge in [-0.3, -0.25) is 4.79 Å². The molecule has 1 saturated heterocycles. The number of rotatable bonds is 4. The lowest BCUT2D eigenvalue weighted by Gasteiger charge is -2.35. The number of fused-ring (bicyclic) bond motifs is 1. The second-order valence-electron chi connectivity index (χ2n) is 8.76. The van der Waals surface area contributed by atoms with E-state index in [0.717, 1.165) is 15.7 Å². The molecule has 3 aromatic carbocycles. The first kappa shape index (κ1) is 26.1. The van der Waals surface area contributed by atoms with Gasteiger partial charge in [-0.15, -0.1) is 0 Å². The Labute approximate surface area is 228 Å². The van der Waals surface area contributed by atoms with Crippen molar-refractivity contribution in [3.8, 4) is 0 Å². The summed E-state index contributed by atoms with van der Waals surface area (Å²) in [5, 5.41) is 0.0554. The molecule has 0 N–H and O–H groups in total. The van der Waals surface area contributed by atoms with Gasteiger partial charge in [0.25, 0.3) is 5.91 Å². The van der Waals surface area contributed by atoms with Crippen LogP contribution in [0.3, 0.4) is 0 Å². The van der Waals surface area contributed by atoms with Crippen LogP contribution in [-0.4, -0.2) is 58.0 Å². The minimum Gasteiger partial charge on any atom is -0.375 e. The number of piperazine rings is 1. The summed E-state index contributed by atoms with van der Waals surface area (Å²) in [5.41, 5.74) is 2.63. The maximum atomic E-state index is 13.6. The fraction of sp³-hybridized carbons (Fsp3) is 0.269. The fourth-order valence-corrected chi connectivity index (χ4v) is 6.96. The van der Waals surface area contributed by atoms with Crippen molar-refractivity contribution >= 4 is 54.8 Å². The number of ether oxygens (including phenoxy) is 1. The molecule has 0 aromatic heterocycles. The maximum absolute atomic E-state index is 13.6. The number of benzene rings is 3. The van der Waals surface area contributed by atoms with E-state index in [0.29, 0.717) is 38.5 Å². The Morgan fingerprint density at radius 3 is 2.43 bits per heavy atom. The summed E-state index contributed by atoms with van der Waals surface area (Å²) in [4.78, 5) is 17.1. The highest BCUT2D eigenvalue weighted by Gasteiger charge is 2.32. The number of hydrogen-bond donors (Lipinski definition) is 0. The number of carbonyl (C=O) groups excluding carboxylic acids is 1. The molecule has 2 heterocycles. The van der Waals surface area contributed by atoms with E-state index in [-0.39, 0.29) is 40.3 Å². The Balaban J connectivity index is 1.39. The number of nitrogens with zero attached hydrogens (tertiary/aromatic N) is 3. The molecule has 194 valence electrons. The van der Waals surface area contributed by atoms with Crippen molar-refractivity contribution in [3.05, 3.63) is 87.1 Å². The van der Waals surface area contributed by atoms with Crippen LogP contribution in [0.4, 0.5) is 15.8 Å². The van der Waals surface area contributed by atoms with E-state index in [9.17, 15) is 17.6 Å². The summed E-state index contributed by atoms with van der Waals surface area (Å²) >= 11 is 9.88. The largest absolute Gasteiger partial charge is 0.375 e. The highest BCUT2D eigenvalue weighted by molar-refractivity contribution is 9.10. The Morgan fingerprint density at radius 1 is 0.973 bits per heavy atom. The first-order valence-electron chi connectivity index (χ1n) is 11.7. The Hall–Kier alpha value is -2.50. The SMILES string of the molecule is O=C(c1ccc(Cl)c(S(=O)(=O)N2CCN(c3ccc(F)cc3)CC2)c1)N1CCOCc2c(Br)cccc21. The minimum absolute atomic E-state index is 0.0554. The van der Waals surface area contributed by atoms with Crippen LogP contribution in [0, 0.1) is 5.82 Å². The maximum Gasteiger partial charge on any atom is 0.258 e. The highest BCUT2D eigenvalue weighted by atomic mass is 79.9. The lowest BCUT2D eigenvalue weighted by atomic mass is 10.1. The molecule has 2 aliphatic heterocycles. The smallest absolute Gasteiger partial charge is 0.258 e. The van der Waals surface area contributed by atoms with Gasteiger partial charge in [0.05, 0.1) is 23.9 Å². The van der Waals surface area contributed by atoms with Gasteiger partial charge >= 0.3 is 0 Å². The Kier molecular flexibility index (Phi) is 7.56. The van der Waals surface area contributed by atoms with Crippen LogP contribution in [-0.2, 0) is 21.4 Å². The Bertz CT molecular complexity index is 1430. The first-order chi connectivity index (χ1) is 17.8. The first-order valence-corrected chi connectivity index (χ1v) is 14.3. The van der Waals surface area contributed by atoms with Gasteiger partial charge in [0.2, 0.25) is 10.0 Å². The predicted octanol–water partition coefficient (Wildman–Crippen LogP) is 4.93. The molecule has 0 radical (unpaired) electrons. The molecule has 0 atom stereocenters. The number of sulfonamides is 1. The quantitative estimate of drug-likeness (QED) is 0.420. The van der Waals surface area contributed by atoms with E-state index < -0.39 is 10.0 Å². The van der Waals surface area contributed by atoms with Crippen molar-refractivity contribution in [2.24, 2.45) is 0 Å². The molecule has 2 aliphatic rings. The molecular formula is C26H24BrClFN3O4S. The zero-order chi connectivity index (χ0) is 26.2. The molecule has 5 rings (SSSR count). The second kappa shape index (κ2) is 10.7. The molecule has 1 fully saturated rings. The summed E-state index contributed by atoms with van der Waals surface area (Å²) in [6, 6.07) is 16.0. The highest BCUT2D eigenvalue weighted by Crippen LogP contribution is 2.33. The minimum atomic E-state index is -3.95. The third-order valence-electron chi connectivity index (χ3n) is 6.56. The molecule has 37 heavy (non-hydrogen) atoms. The summed E-state index contributed by atoms with van der Waals surface area (Å²) in [6.07, 6.45) is 0. The molecular weight excluding hydrogens is 585 g/mol. The molecule has 0 spiro atoms. The van der Waals surface area contributed by atoms with Crippen molar-refractivity contribution in [1.82, 2.24) is 4.31 Å². The van der Waals surface area contributed by atoms with E-state index in [4.69, 9.17) is 16.3 Å². The molecule has 0 unspecified atom stereocenters. The lowest BCUT2D eigenvalue weighted by molar-refractivity contribution is 0.0965.